The van der Waals surface area contributed by atoms with Crippen LogP contribution < -0.4 is 14.2 Å². The Hall–Kier alpha value is -4.22. The maximum absolute atomic E-state index is 14.8. The minimum absolute atomic E-state index is 0.122. The maximum Gasteiger partial charge on any atom is 0.410 e. The zero-order chi connectivity index (χ0) is 30.7. The summed E-state index contributed by atoms with van der Waals surface area (Å²) in [5, 5.41) is 9.74. The Bertz CT molecular complexity index is 1610. The first-order chi connectivity index (χ1) is 19.8. The van der Waals surface area contributed by atoms with Crippen molar-refractivity contribution >= 4 is 33.0 Å². The number of halogens is 1. The smallest absolute Gasteiger partial charge is 0.410 e. The van der Waals surface area contributed by atoms with Crippen molar-refractivity contribution in [2.45, 2.75) is 52.2 Å². The fourth-order valence-corrected chi connectivity index (χ4v) is 5.05. The molecule has 1 fully saturated rings. The monoisotopic (exact) mass is 600 g/mol. The van der Waals surface area contributed by atoms with Crippen LogP contribution in [0.1, 0.15) is 46.1 Å². The third-order valence-corrected chi connectivity index (χ3v) is 7.97. The van der Waals surface area contributed by atoms with Crippen LogP contribution in [-0.4, -0.2) is 72.1 Å². The van der Waals surface area contributed by atoms with E-state index in [1.54, 1.807) is 17.9 Å². The normalized spacial score (nSPS) is 14.5. The number of carbonyl (C=O) groups is 1. The van der Waals surface area contributed by atoms with Crippen molar-refractivity contribution in [2.75, 3.05) is 31.4 Å². The van der Waals surface area contributed by atoms with Crippen molar-refractivity contribution in [1.82, 2.24) is 19.2 Å². The molecule has 1 aromatic heterocycles. The van der Waals surface area contributed by atoms with E-state index in [1.807, 2.05) is 26.8 Å². The van der Waals surface area contributed by atoms with Gasteiger partial charge in [-0.05, 0) is 45.0 Å². The fraction of sp³-hybridized carbons (Fsp3) is 0.429. The molecule has 12 nitrogen and oxygen atoms in total. The van der Waals surface area contributed by atoms with Crippen molar-refractivity contribution in [3.63, 3.8) is 0 Å². The summed E-state index contributed by atoms with van der Waals surface area (Å²) in [7, 11) is -2.59. The first kappa shape index (κ1) is 30.7. The summed E-state index contributed by atoms with van der Waals surface area (Å²) < 4.78 is 60.3. The van der Waals surface area contributed by atoms with Gasteiger partial charge < -0.3 is 19.1 Å². The third kappa shape index (κ3) is 7.34. The highest BCUT2D eigenvalue weighted by Gasteiger charge is 2.28. The summed E-state index contributed by atoms with van der Waals surface area (Å²) in [6.45, 7) is 8.27. The van der Waals surface area contributed by atoms with Crippen molar-refractivity contribution in [2.24, 2.45) is 0 Å². The van der Waals surface area contributed by atoms with Crippen LogP contribution in [0.3, 0.4) is 0 Å². The molecule has 14 heteroatoms. The summed E-state index contributed by atoms with van der Waals surface area (Å²) >= 11 is 0. The van der Waals surface area contributed by atoms with E-state index in [4.69, 9.17) is 14.2 Å². The van der Waals surface area contributed by atoms with E-state index in [0.717, 1.165) is 16.4 Å². The average Bonchev–Trinajstić information content (AvgIpc) is 2.93. The van der Waals surface area contributed by atoms with Gasteiger partial charge in [0.05, 0.1) is 22.9 Å². The number of piperidine rings is 1. The van der Waals surface area contributed by atoms with Gasteiger partial charge in [-0.2, -0.15) is 18.0 Å². The number of anilines is 1. The van der Waals surface area contributed by atoms with Crippen LogP contribution in [0.5, 0.6) is 17.4 Å². The molecule has 224 valence electrons. The van der Waals surface area contributed by atoms with Gasteiger partial charge in [0.15, 0.2) is 11.6 Å². The molecule has 0 aliphatic carbocycles. The van der Waals surface area contributed by atoms with Gasteiger partial charge in [0.1, 0.15) is 29.1 Å². The largest absolute Gasteiger partial charge is 0.473 e. The molecule has 0 unspecified atom stereocenters. The summed E-state index contributed by atoms with van der Waals surface area (Å²) in [6.07, 6.45) is 2.14. The van der Waals surface area contributed by atoms with Gasteiger partial charge >= 0.3 is 16.3 Å². The van der Waals surface area contributed by atoms with Crippen LogP contribution in [0.15, 0.2) is 36.5 Å². The average molecular weight is 601 g/mol. The van der Waals surface area contributed by atoms with E-state index in [9.17, 15) is 22.9 Å². The Balaban J connectivity index is 1.50. The molecule has 42 heavy (non-hydrogen) atoms. The number of likely N-dealkylation sites (tertiary alicyclic amines) is 1. The van der Waals surface area contributed by atoms with E-state index >= 15 is 0 Å². The van der Waals surface area contributed by atoms with Crippen LogP contribution in [0.4, 0.5) is 14.9 Å². The lowest BCUT2D eigenvalue weighted by molar-refractivity contribution is 0.0123. The van der Waals surface area contributed by atoms with Gasteiger partial charge in [-0.25, -0.2) is 19.2 Å². The molecule has 1 amide bonds. The van der Waals surface area contributed by atoms with Gasteiger partial charge in [0.2, 0.25) is 5.88 Å². The quantitative estimate of drug-likeness (QED) is 0.384. The van der Waals surface area contributed by atoms with E-state index in [2.05, 4.69) is 14.7 Å². The zero-order valence-electron chi connectivity index (χ0n) is 24.0. The molecule has 0 atom stereocenters. The van der Waals surface area contributed by atoms with Crippen LogP contribution >= 0.6 is 0 Å². The molecule has 1 saturated heterocycles. The van der Waals surface area contributed by atoms with Gasteiger partial charge in [-0.15, -0.1) is 0 Å². The molecular weight excluding hydrogens is 567 g/mol. The van der Waals surface area contributed by atoms with Crippen molar-refractivity contribution in [3.8, 4) is 23.4 Å². The highest BCUT2D eigenvalue weighted by molar-refractivity contribution is 7.90. The van der Waals surface area contributed by atoms with E-state index in [-0.39, 0.29) is 41.6 Å². The molecule has 1 aliphatic heterocycles. The lowest BCUT2D eigenvalue weighted by Gasteiger charge is -2.33. The van der Waals surface area contributed by atoms with Gasteiger partial charge in [0, 0.05) is 45.6 Å². The standard InChI is InChI=1S/C28H33FN6O6S/c1-6-34(5)42(37,38)33-22-10-8-21(29)26(20(22)16-30)40-19-7-9-23-24(15-19)32-25(17-31-23)39-18-11-13-35(14-12-18)27(36)41-28(2,3)4/h7-10,15,17-18,33H,6,11-14H2,1-5H3. The van der Waals surface area contributed by atoms with Crippen molar-refractivity contribution in [3.05, 3.63) is 47.9 Å². The molecule has 0 radical (unpaired) electrons. The molecule has 4 rings (SSSR count). The van der Waals surface area contributed by atoms with Crippen molar-refractivity contribution in [1.29, 1.82) is 5.26 Å². The number of hydrogen-bond donors (Lipinski definition) is 1. The number of hydrogen-bond acceptors (Lipinski definition) is 9. The molecule has 3 aromatic rings. The molecule has 2 heterocycles. The number of ether oxygens (including phenoxy) is 3. The minimum Gasteiger partial charge on any atom is -0.473 e. The van der Waals surface area contributed by atoms with Crippen molar-refractivity contribution < 1.29 is 31.8 Å². The topological polar surface area (TPSA) is 147 Å². The Labute approximate surface area is 244 Å². The highest BCUT2D eigenvalue weighted by Crippen LogP contribution is 2.34. The zero-order valence-corrected chi connectivity index (χ0v) is 24.9. The minimum atomic E-state index is -3.96. The Kier molecular flexibility index (Phi) is 9.03. The molecule has 2 aromatic carbocycles. The number of benzene rings is 2. The summed E-state index contributed by atoms with van der Waals surface area (Å²) in [6, 6.07) is 8.67. The first-order valence-electron chi connectivity index (χ1n) is 13.4. The molecule has 0 saturated carbocycles. The molecule has 1 N–H and O–H groups in total. The van der Waals surface area contributed by atoms with Gasteiger partial charge in [-0.1, -0.05) is 6.92 Å². The Morgan fingerprint density at radius 3 is 2.57 bits per heavy atom. The van der Waals surface area contributed by atoms with Crippen LogP contribution in [0.2, 0.25) is 0 Å². The number of aromatic nitrogens is 2. The molecule has 0 bridgehead atoms. The first-order valence-corrected chi connectivity index (χ1v) is 14.8. The van der Waals surface area contributed by atoms with E-state index < -0.39 is 27.4 Å². The van der Waals surface area contributed by atoms with Crippen LogP contribution in [0, 0.1) is 17.1 Å². The van der Waals surface area contributed by atoms with E-state index in [0.29, 0.717) is 37.0 Å². The third-order valence-electron chi connectivity index (χ3n) is 6.41. The number of rotatable bonds is 8. The second-order valence-electron chi connectivity index (χ2n) is 10.7. The van der Waals surface area contributed by atoms with Crippen LogP contribution in [0.25, 0.3) is 11.0 Å². The van der Waals surface area contributed by atoms with Gasteiger partial charge in [-0.3, -0.25) is 4.72 Å². The number of nitrogens with zero attached hydrogens (tertiary/aromatic N) is 5. The highest BCUT2D eigenvalue weighted by atomic mass is 32.2. The predicted octanol–water partition coefficient (Wildman–Crippen LogP) is 4.82. The summed E-state index contributed by atoms with van der Waals surface area (Å²) in [4.78, 5) is 22.9. The molecule has 1 aliphatic rings. The SMILES string of the molecule is CCN(C)S(=O)(=O)Nc1ccc(F)c(Oc2ccc3ncc(OC4CCN(C(=O)OC(C)(C)C)CC4)nc3c2)c1C#N. The number of nitriles is 1. The molecule has 0 spiro atoms. The number of amides is 1. The molecular formula is C28H33FN6O6S. The number of nitrogens with one attached hydrogen (secondary N) is 1. The number of fused-ring (bicyclic) bond motifs is 1. The Morgan fingerprint density at radius 1 is 1.21 bits per heavy atom. The number of carbonyl (C=O) groups excluding carboxylic acids is 1. The summed E-state index contributed by atoms with van der Waals surface area (Å²) in [5.41, 5.74) is -0.0786. The lowest BCUT2D eigenvalue weighted by atomic mass is 10.1. The maximum atomic E-state index is 14.8. The second kappa shape index (κ2) is 12.3. The fourth-order valence-electron chi connectivity index (χ4n) is 4.11. The van der Waals surface area contributed by atoms with Crippen LogP contribution in [-0.2, 0) is 14.9 Å². The van der Waals surface area contributed by atoms with Gasteiger partial charge in [0.25, 0.3) is 0 Å². The van der Waals surface area contributed by atoms with E-state index in [1.165, 1.54) is 25.4 Å². The Morgan fingerprint density at radius 2 is 1.93 bits per heavy atom. The predicted molar refractivity (Wildman–Crippen MR) is 153 cm³/mol. The second-order valence-corrected chi connectivity index (χ2v) is 12.5. The summed E-state index contributed by atoms with van der Waals surface area (Å²) in [5.74, 6) is -0.857. The lowest BCUT2D eigenvalue weighted by Crippen LogP contribution is -2.44.